The number of para-hydroxylation sites is 1. The van der Waals surface area contributed by atoms with Crippen molar-refractivity contribution in [2.24, 2.45) is 0 Å². The summed E-state index contributed by atoms with van der Waals surface area (Å²) in [4.78, 5) is 24.4. The van der Waals surface area contributed by atoms with Gasteiger partial charge in [-0.2, -0.15) is 0 Å². The topological polar surface area (TPSA) is 64.6 Å². The van der Waals surface area contributed by atoms with Gasteiger partial charge < -0.3 is 14.8 Å². The number of esters is 1. The molecule has 2 aromatic rings. The van der Waals surface area contributed by atoms with Crippen molar-refractivity contribution in [3.8, 4) is 5.75 Å². The Morgan fingerprint density at radius 3 is 2.36 bits per heavy atom. The van der Waals surface area contributed by atoms with Crippen molar-refractivity contribution in [3.05, 3.63) is 59.2 Å². The second kappa shape index (κ2) is 8.33. The maximum absolute atomic E-state index is 12.4. The van der Waals surface area contributed by atoms with Gasteiger partial charge in [-0.15, -0.1) is 0 Å². The van der Waals surface area contributed by atoms with Gasteiger partial charge in [0.25, 0.3) is 5.91 Å². The van der Waals surface area contributed by atoms with Crippen LogP contribution in [-0.4, -0.2) is 24.6 Å². The van der Waals surface area contributed by atoms with Crippen LogP contribution in [0.1, 0.15) is 35.3 Å². The van der Waals surface area contributed by atoms with Crippen LogP contribution < -0.4 is 10.1 Å². The van der Waals surface area contributed by atoms with Crippen LogP contribution in [0, 0.1) is 13.8 Å². The molecular weight excluding hydrogens is 318 g/mol. The van der Waals surface area contributed by atoms with Crippen LogP contribution in [0.2, 0.25) is 0 Å². The monoisotopic (exact) mass is 341 g/mol. The zero-order valence-electron chi connectivity index (χ0n) is 15.0. The number of carbonyl (C=O) groups excluding carboxylic acids is 2. The molecule has 0 unspecified atom stereocenters. The molecule has 132 valence electrons. The van der Waals surface area contributed by atoms with Crippen LogP contribution in [0.25, 0.3) is 0 Å². The van der Waals surface area contributed by atoms with Gasteiger partial charge in [0.2, 0.25) is 0 Å². The van der Waals surface area contributed by atoms with Crippen molar-refractivity contribution in [1.29, 1.82) is 0 Å². The smallest absolute Gasteiger partial charge is 0.340 e. The van der Waals surface area contributed by atoms with E-state index < -0.39 is 12.1 Å². The second-order valence-electron chi connectivity index (χ2n) is 5.84. The normalized spacial score (nSPS) is 11.5. The summed E-state index contributed by atoms with van der Waals surface area (Å²) in [5.74, 6) is -0.170. The molecule has 5 nitrogen and oxygen atoms in total. The molecule has 1 atom stereocenters. The number of rotatable bonds is 6. The fraction of sp³-hybridized carbons (Fsp3) is 0.300. The zero-order valence-corrected chi connectivity index (χ0v) is 15.0. The highest BCUT2D eigenvalue weighted by Gasteiger charge is 2.19. The van der Waals surface area contributed by atoms with Crippen LogP contribution in [0.3, 0.4) is 0 Å². The summed E-state index contributed by atoms with van der Waals surface area (Å²) < 4.78 is 10.7. The summed E-state index contributed by atoms with van der Waals surface area (Å²) in [6, 6.07) is 12.5. The van der Waals surface area contributed by atoms with Crippen molar-refractivity contribution in [3.63, 3.8) is 0 Å². The van der Waals surface area contributed by atoms with Crippen LogP contribution >= 0.6 is 0 Å². The van der Waals surface area contributed by atoms with Gasteiger partial charge >= 0.3 is 5.97 Å². The van der Waals surface area contributed by atoms with Gasteiger partial charge in [-0.3, -0.25) is 4.79 Å². The molecule has 2 rings (SSSR count). The zero-order chi connectivity index (χ0) is 18.4. The summed E-state index contributed by atoms with van der Waals surface area (Å²) in [6.07, 6.45) is -0.712. The highest BCUT2D eigenvalue weighted by atomic mass is 16.5. The van der Waals surface area contributed by atoms with Crippen molar-refractivity contribution >= 4 is 17.6 Å². The van der Waals surface area contributed by atoms with Gasteiger partial charge in [-0.05, 0) is 63.1 Å². The number of anilines is 1. The van der Waals surface area contributed by atoms with Crippen molar-refractivity contribution < 1.29 is 19.1 Å². The number of aryl methyl sites for hydroxylation is 2. The Bertz CT molecular complexity index is 750. The minimum Gasteiger partial charge on any atom is -0.481 e. The van der Waals surface area contributed by atoms with Gasteiger partial charge in [-0.1, -0.05) is 18.2 Å². The van der Waals surface area contributed by atoms with E-state index in [0.29, 0.717) is 17.0 Å². The Labute approximate surface area is 148 Å². The fourth-order valence-corrected chi connectivity index (χ4v) is 2.47. The summed E-state index contributed by atoms with van der Waals surface area (Å²) in [6.45, 7) is 7.62. The molecular formula is C20H23NO4. The molecule has 0 aliphatic heterocycles. The SMILES string of the molecule is CCOC(=O)c1ccccc1NC(=O)[C@H](C)Oc1cc(C)cc(C)c1. The first-order chi connectivity index (χ1) is 11.9. The third-order valence-electron chi connectivity index (χ3n) is 3.56. The number of hydrogen-bond donors (Lipinski definition) is 1. The molecule has 0 saturated heterocycles. The number of ether oxygens (including phenoxy) is 2. The van der Waals surface area contributed by atoms with E-state index in [0.717, 1.165) is 11.1 Å². The Kier molecular flexibility index (Phi) is 6.17. The lowest BCUT2D eigenvalue weighted by Crippen LogP contribution is -2.30. The minimum atomic E-state index is -0.712. The molecule has 0 aromatic heterocycles. The summed E-state index contributed by atoms with van der Waals surface area (Å²) in [5, 5.41) is 2.73. The predicted molar refractivity (Wildman–Crippen MR) is 97.0 cm³/mol. The third kappa shape index (κ3) is 5.08. The van der Waals surface area contributed by atoms with E-state index in [-0.39, 0.29) is 12.5 Å². The van der Waals surface area contributed by atoms with Crippen molar-refractivity contribution in [1.82, 2.24) is 0 Å². The van der Waals surface area contributed by atoms with Crippen LogP contribution in [-0.2, 0) is 9.53 Å². The maximum Gasteiger partial charge on any atom is 0.340 e. The summed E-state index contributed by atoms with van der Waals surface area (Å²) >= 11 is 0. The summed E-state index contributed by atoms with van der Waals surface area (Å²) in [7, 11) is 0. The first-order valence-corrected chi connectivity index (χ1v) is 8.22. The van der Waals surface area contributed by atoms with Crippen LogP contribution in [0.15, 0.2) is 42.5 Å². The Morgan fingerprint density at radius 2 is 1.72 bits per heavy atom. The molecule has 0 radical (unpaired) electrons. The van der Waals surface area contributed by atoms with Gasteiger partial charge in [0.05, 0.1) is 17.9 Å². The van der Waals surface area contributed by atoms with E-state index in [1.54, 1.807) is 38.1 Å². The molecule has 0 spiro atoms. The molecule has 1 amide bonds. The van der Waals surface area contributed by atoms with Crippen LogP contribution in [0.4, 0.5) is 5.69 Å². The molecule has 0 fully saturated rings. The standard InChI is InChI=1S/C20H23NO4/c1-5-24-20(23)17-8-6-7-9-18(17)21-19(22)15(4)25-16-11-13(2)10-14(3)12-16/h6-12,15H,5H2,1-4H3,(H,21,22)/t15-/m0/s1. The number of carbonyl (C=O) groups is 2. The number of amides is 1. The molecule has 0 bridgehead atoms. The number of nitrogens with one attached hydrogen (secondary N) is 1. The molecule has 0 aliphatic rings. The predicted octanol–water partition coefficient (Wildman–Crippen LogP) is 3.89. The molecule has 0 saturated carbocycles. The van der Waals surface area contributed by atoms with E-state index in [9.17, 15) is 9.59 Å². The highest BCUT2D eigenvalue weighted by molar-refractivity contribution is 6.02. The number of benzene rings is 2. The first-order valence-electron chi connectivity index (χ1n) is 8.22. The lowest BCUT2D eigenvalue weighted by atomic mass is 10.1. The molecule has 0 aliphatic carbocycles. The van der Waals surface area contributed by atoms with Gasteiger partial charge in [0.1, 0.15) is 5.75 Å². The lowest BCUT2D eigenvalue weighted by Gasteiger charge is -2.17. The van der Waals surface area contributed by atoms with Crippen molar-refractivity contribution in [2.75, 3.05) is 11.9 Å². The first kappa shape index (κ1) is 18.5. The van der Waals surface area contributed by atoms with Gasteiger partial charge in [0, 0.05) is 0 Å². The Morgan fingerprint density at radius 1 is 1.08 bits per heavy atom. The Hall–Kier alpha value is -2.82. The molecule has 25 heavy (non-hydrogen) atoms. The van der Waals surface area contributed by atoms with Crippen molar-refractivity contribution in [2.45, 2.75) is 33.8 Å². The summed E-state index contributed by atoms with van der Waals surface area (Å²) in [5.41, 5.74) is 2.85. The van der Waals surface area contributed by atoms with E-state index in [1.165, 1.54) is 0 Å². The fourth-order valence-electron chi connectivity index (χ4n) is 2.47. The second-order valence-corrected chi connectivity index (χ2v) is 5.84. The third-order valence-corrected chi connectivity index (χ3v) is 3.56. The lowest BCUT2D eigenvalue weighted by molar-refractivity contribution is -0.122. The quantitative estimate of drug-likeness (QED) is 0.810. The molecule has 1 N–H and O–H groups in total. The van der Waals surface area contributed by atoms with Gasteiger partial charge in [0.15, 0.2) is 6.10 Å². The highest BCUT2D eigenvalue weighted by Crippen LogP contribution is 2.20. The van der Waals surface area contributed by atoms with Gasteiger partial charge in [-0.25, -0.2) is 4.79 Å². The van der Waals surface area contributed by atoms with Crippen LogP contribution in [0.5, 0.6) is 5.75 Å². The minimum absolute atomic E-state index is 0.271. The maximum atomic E-state index is 12.4. The number of hydrogen-bond acceptors (Lipinski definition) is 4. The largest absolute Gasteiger partial charge is 0.481 e. The average molecular weight is 341 g/mol. The van der Waals surface area contributed by atoms with E-state index in [2.05, 4.69) is 5.32 Å². The van der Waals surface area contributed by atoms with E-state index in [1.807, 2.05) is 32.0 Å². The Balaban J connectivity index is 2.10. The van der Waals surface area contributed by atoms with E-state index >= 15 is 0 Å². The average Bonchev–Trinajstić information content (AvgIpc) is 2.54. The molecule has 2 aromatic carbocycles. The van der Waals surface area contributed by atoms with E-state index in [4.69, 9.17) is 9.47 Å². The molecule has 5 heteroatoms. The molecule has 0 heterocycles.